The number of carbonyl (C=O) groups is 1. The summed E-state index contributed by atoms with van der Waals surface area (Å²) < 4.78 is 0. The van der Waals surface area contributed by atoms with Gasteiger partial charge in [0.25, 0.3) is 5.91 Å². The van der Waals surface area contributed by atoms with Crippen LogP contribution in [0.25, 0.3) is 21.5 Å². The number of fused-ring (bicyclic) bond motifs is 1. The number of nitrogens with one attached hydrogen (secondary N) is 1. The Morgan fingerprint density at radius 2 is 2.04 bits per heavy atom. The molecule has 4 nitrogen and oxygen atoms in total. The number of thiophene rings is 1. The quantitative estimate of drug-likeness (QED) is 0.747. The van der Waals surface area contributed by atoms with Crippen molar-refractivity contribution in [3.05, 3.63) is 53.4 Å². The second-order valence-electron chi connectivity index (χ2n) is 6.47. The molecule has 0 radical (unpaired) electrons. The number of rotatable bonds is 4. The maximum Gasteiger partial charge on any atom is 0.253 e. The number of pyridine rings is 1. The van der Waals surface area contributed by atoms with Crippen molar-refractivity contribution in [2.75, 3.05) is 0 Å². The van der Waals surface area contributed by atoms with Crippen molar-refractivity contribution in [3.8, 4) is 16.6 Å². The molecule has 2 aromatic heterocycles. The molecule has 0 saturated heterocycles. The van der Waals surface area contributed by atoms with Crippen LogP contribution >= 0.6 is 11.3 Å². The highest BCUT2D eigenvalue weighted by Gasteiger charge is 2.31. The first-order valence-electron chi connectivity index (χ1n) is 8.12. The van der Waals surface area contributed by atoms with E-state index in [1.54, 1.807) is 18.3 Å². The Labute approximate surface area is 151 Å². The minimum atomic E-state index is -0.926. The molecular weight excluding hydrogens is 330 g/mol. The van der Waals surface area contributed by atoms with Crippen LogP contribution in [0.15, 0.2) is 47.8 Å². The van der Waals surface area contributed by atoms with E-state index in [4.69, 9.17) is 0 Å². The summed E-state index contributed by atoms with van der Waals surface area (Å²) in [6.07, 6.45) is 0. The zero-order valence-corrected chi connectivity index (χ0v) is 15.2. The zero-order valence-electron chi connectivity index (χ0n) is 14.4. The summed E-state index contributed by atoms with van der Waals surface area (Å²) in [7, 11) is 0. The summed E-state index contributed by atoms with van der Waals surface area (Å²) >= 11 is 1.58. The highest BCUT2D eigenvalue weighted by atomic mass is 32.1. The maximum atomic E-state index is 13.0. The second-order valence-corrected chi connectivity index (χ2v) is 7.42. The van der Waals surface area contributed by atoms with Gasteiger partial charge in [0.2, 0.25) is 0 Å². The average molecular weight is 349 g/mol. The average Bonchev–Trinajstić information content (AvgIpc) is 3.15. The minimum absolute atomic E-state index is 0.00804. The number of hydrogen-bond acceptors (Lipinski definition) is 4. The molecule has 0 fully saturated rings. The predicted molar refractivity (Wildman–Crippen MR) is 101 cm³/mol. The molecule has 0 aliphatic carbocycles. The molecule has 3 aromatic rings. The Kier molecular flexibility index (Phi) is 4.56. The lowest BCUT2D eigenvalue weighted by Gasteiger charge is -2.27. The summed E-state index contributed by atoms with van der Waals surface area (Å²) in [5.74, 6) is -0.263. The number of nitriles is 1. The molecule has 0 bridgehead atoms. The molecule has 3 rings (SSSR count). The molecule has 2 heterocycles. The van der Waals surface area contributed by atoms with Crippen molar-refractivity contribution < 1.29 is 4.79 Å². The van der Waals surface area contributed by atoms with Crippen molar-refractivity contribution >= 4 is 28.1 Å². The van der Waals surface area contributed by atoms with Gasteiger partial charge in [-0.1, -0.05) is 38.1 Å². The van der Waals surface area contributed by atoms with E-state index in [9.17, 15) is 10.1 Å². The maximum absolute atomic E-state index is 13.0. The monoisotopic (exact) mass is 349 g/mol. The first kappa shape index (κ1) is 17.1. The summed E-state index contributed by atoms with van der Waals surface area (Å²) in [6, 6.07) is 15.5. The van der Waals surface area contributed by atoms with E-state index in [1.165, 1.54) is 0 Å². The number of aromatic nitrogens is 1. The number of benzene rings is 1. The molecule has 126 valence electrons. The van der Waals surface area contributed by atoms with Gasteiger partial charge in [-0.2, -0.15) is 5.26 Å². The molecule has 1 amide bonds. The SMILES string of the molecule is CC(C)C(C)(C#N)NC(=O)c1cc(-c2cccs2)nc2ccccc12. The van der Waals surface area contributed by atoms with E-state index in [0.29, 0.717) is 5.56 Å². The highest BCUT2D eigenvalue weighted by molar-refractivity contribution is 7.13. The number of amides is 1. The molecule has 0 saturated carbocycles. The fourth-order valence-electron chi connectivity index (χ4n) is 2.52. The predicted octanol–water partition coefficient (Wildman–Crippen LogP) is 4.63. The topological polar surface area (TPSA) is 65.8 Å². The Hall–Kier alpha value is -2.71. The third-order valence-corrected chi connectivity index (χ3v) is 5.39. The first-order chi connectivity index (χ1) is 11.9. The van der Waals surface area contributed by atoms with E-state index in [2.05, 4.69) is 16.4 Å². The van der Waals surface area contributed by atoms with Gasteiger partial charge in [-0.25, -0.2) is 4.98 Å². The Morgan fingerprint density at radius 1 is 1.28 bits per heavy atom. The van der Waals surface area contributed by atoms with Gasteiger partial charge in [0.05, 0.1) is 27.7 Å². The number of carbonyl (C=O) groups excluding carboxylic acids is 1. The van der Waals surface area contributed by atoms with Crippen molar-refractivity contribution in [2.24, 2.45) is 5.92 Å². The fourth-order valence-corrected chi connectivity index (χ4v) is 3.20. The van der Waals surface area contributed by atoms with Gasteiger partial charge in [0, 0.05) is 5.39 Å². The van der Waals surface area contributed by atoms with E-state index in [1.807, 2.05) is 61.7 Å². The first-order valence-corrected chi connectivity index (χ1v) is 9.00. The van der Waals surface area contributed by atoms with Crippen LogP contribution < -0.4 is 5.32 Å². The summed E-state index contributed by atoms with van der Waals surface area (Å²) in [5, 5.41) is 15.2. The van der Waals surface area contributed by atoms with Crippen molar-refractivity contribution in [1.29, 1.82) is 5.26 Å². The van der Waals surface area contributed by atoms with Crippen LogP contribution in [0, 0.1) is 17.2 Å². The van der Waals surface area contributed by atoms with Gasteiger partial charge in [-0.3, -0.25) is 4.79 Å². The molecule has 1 unspecified atom stereocenters. The van der Waals surface area contributed by atoms with Crippen LogP contribution in [-0.2, 0) is 0 Å². The zero-order chi connectivity index (χ0) is 18.0. The molecule has 1 aromatic carbocycles. The molecule has 25 heavy (non-hydrogen) atoms. The lowest BCUT2D eigenvalue weighted by Crippen LogP contribution is -2.48. The summed E-state index contributed by atoms with van der Waals surface area (Å²) in [5.41, 5.74) is 1.14. The lowest BCUT2D eigenvalue weighted by molar-refractivity contribution is 0.0909. The van der Waals surface area contributed by atoms with Gasteiger partial charge in [0.15, 0.2) is 0 Å². The van der Waals surface area contributed by atoms with Crippen LogP contribution in [0.3, 0.4) is 0 Å². The van der Waals surface area contributed by atoms with Crippen molar-refractivity contribution in [1.82, 2.24) is 10.3 Å². The summed E-state index contributed by atoms with van der Waals surface area (Å²) in [6.45, 7) is 5.59. The lowest BCUT2D eigenvalue weighted by atomic mass is 9.89. The van der Waals surface area contributed by atoms with E-state index >= 15 is 0 Å². The van der Waals surface area contributed by atoms with Gasteiger partial charge in [-0.05, 0) is 36.4 Å². The summed E-state index contributed by atoms with van der Waals surface area (Å²) in [4.78, 5) is 18.7. The second kappa shape index (κ2) is 6.66. The normalized spacial score (nSPS) is 13.4. The minimum Gasteiger partial charge on any atom is -0.334 e. The third kappa shape index (κ3) is 3.26. The number of para-hydroxylation sites is 1. The van der Waals surface area contributed by atoms with E-state index < -0.39 is 5.54 Å². The Bertz CT molecular complexity index is 957. The molecule has 1 N–H and O–H groups in total. The fraction of sp³-hybridized carbons (Fsp3) is 0.250. The highest BCUT2D eigenvalue weighted by Crippen LogP contribution is 2.28. The molecule has 5 heteroatoms. The van der Waals surface area contributed by atoms with Crippen LogP contribution in [0.1, 0.15) is 31.1 Å². The van der Waals surface area contributed by atoms with E-state index in [-0.39, 0.29) is 11.8 Å². The molecule has 0 spiro atoms. The van der Waals surface area contributed by atoms with Crippen molar-refractivity contribution in [2.45, 2.75) is 26.3 Å². The molecule has 0 aliphatic heterocycles. The van der Waals surface area contributed by atoms with Gasteiger partial charge in [0.1, 0.15) is 5.54 Å². The van der Waals surface area contributed by atoms with Crippen LogP contribution in [-0.4, -0.2) is 16.4 Å². The van der Waals surface area contributed by atoms with Gasteiger partial charge < -0.3 is 5.32 Å². The van der Waals surface area contributed by atoms with Crippen LogP contribution in [0.4, 0.5) is 0 Å². The Balaban J connectivity index is 2.11. The molecule has 1 atom stereocenters. The van der Waals surface area contributed by atoms with Crippen molar-refractivity contribution in [3.63, 3.8) is 0 Å². The standard InChI is InChI=1S/C20H19N3OS/c1-13(2)20(3,12-21)23-19(24)15-11-17(18-9-6-10-25-18)22-16-8-5-4-7-14(15)16/h4-11,13H,1-3H3,(H,23,24). The van der Waals surface area contributed by atoms with Gasteiger partial charge >= 0.3 is 0 Å². The third-order valence-electron chi connectivity index (χ3n) is 4.49. The van der Waals surface area contributed by atoms with E-state index in [0.717, 1.165) is 21.5 Å². The van der Waals surface area contributed by atoms with Crippen LogP contribution in [0.5, 0.6) is 0 Å². The Morgan fingerprint density at radius 3 is 2.68 bits per heavy atom. The number of nitrogens with zero attached hydrogens (tertiary/aromatic N) is 2. The smallest absolute Gasteiger partial charge is 0.253 e. The molecular formula is C20H19N3OS. The largest absolute Gasteiger partial charge is 0.334 e. The number of hydrogen-bond donors (Lipinski definition) is 1. The molecule has 0 aliphatic rings. The van der Waals surface area contributed by atoms with Crippen LogP contribution in [0.2, 0.25) is 0 Å². The van der Waals surface area contributed by atoms with Gasteiger partial charge in [-0.15, -0.1) is 11.3 Å².